The minimum atomic E-state index is -4.57. The summed E-state index contributed by atoms with van der Waals surface area (Å²) in [5.41, 5.74) is -2.67. The number of carbonyl (C=O) groups is 2. The zero-order valence-electron chi connectivity index (χ0n) is 16.9. The van der Waals surface area contributed by atoms with Gasteiger partial charge < -0.3 is 15.5 Å². The summed E-state index contributed by atoms with van der Waals surface area (Å²) in [5.74, 6) is -4.13. The Hall–Kier alpha value is -4.42. The maximum absolute atomic E-state index is 13.7. The number of fused-ring (bicyclic) bond motifs is 3. The van der Waals surface area contributed by atoms with E-state index in [0.717, 1.165) is 45.6 Å². The lowest BCUT2D eigenvalue weighted by Crippen LogP contribution is -2.37. The van der Waals surface area contributed by atoms with E-state index < -0.39 is 52.9 Å². The maximum atomic E-state index is 13.7. The molecule has 176 valence electrons. The standard InChI is InChI=1S/C21H14F4N4O5/c22-12-5-6-14-13(7-12)27-18-17(32)16(19(33)26-8-15(30)31)20(34)28(29(14)18)9-10-1-3-11(4-2-10)21(23,24)25/h1-7,32H,8-9H2,(H,26,33)(H,30,31). The Morgan fingerprint density at radius 1 is 1.09 bits per heavy atom. The number of benzene rings is 2. The van der Waals surface area contributed by atoms with Crippen LogP contribution in [0.1, 0.15) is 21.5 Å². The van der Waals surface area contributed by atoms with Crippen LogP contribution in [0.2, 0.25) is 0 Å². The lowest BCUT2D eigenvalue weighted by Gasteiger charge is -2.15. The Labute approximate surface area is 186 Å². The highest BCUT2D eigenvalue weighted by Crippen LogP contribution is 2.30. The molecule has 0 radical (unpaired) electrons. The van der Waals surface area contributed by atoms with Gasteiger partial charge in [0.15, 0.2) is 17.0 Å². The summed E-state index contributed by atoms with van der Waals surface area (Å²) in [6.45, 7) is -1.20. The van der Waals surface area contributed by atoms with Gasteiger partial charge in [-0.1, -0.05) is 12.1 Å². The molecule has 3 N–H and O–H groups in total. The molecule has 0 unspecified atom stereocenters. The normalized spacial score (nSPS) is 11.8. The molecule has 0 spiro atoms. The summed E-state index contributed by atoms with van der Waals surface area (Å²) in [5, 5.41) is 21.4. The Balaban J connectivity index is 1.94. The summed E-state index contributed by atoms with van der Waals surface area (Å²) < 4.78 is 54.4. The van der Waals surface area contributed by atoms with Gasteiger partial charge in [-0.2, -0.15) is 13.2 Å². The van der Waals surface area contributed by atoms with Crippen LogP contribution in [-0.2, 0) is 17.5 Å². The molecule has 0 aliphatic carbocycles. The number of aromatic hydroxyl groups is 1. The van der Waals surface area contributed by atoms with E-state index >= 15 is 0 Å². The first-order chi connectivity index (χ1) is 16.0. The summed E-state index contributed by atoms with van der Waals surface area (Å²) >= 11 is 0. The number of carboxylic acid groups (broad SMARTS) is 1. The highest BCUT2D eigenvalue weighted by atomic mass is 19.4. The number of imidazole rings is 1. The third kappa shape index (κ3) is 4.02. The molecule has 34 heavy (non-hydrogen) atoms. The second-order valence-electron chi connectivity index (χ2n) is 7.24. The van der Waals surface area contributed by atoms with Crippen LogP contribution in [0.25, 0.3) is 16.7 Å². The lowest BCUT2D eigenvalue weighted by atomic mass is 10.1. The topological polar surface area (TPSA) is 126 Å². The number of nitrogens with one attached hydrogen (secondary N) is 1. The number of nitrogens with zero attached hydrogens (tertiary/aromatic N) is 3. The fourth-order valence-electron chi connectivity index (χ4n) is 3.43. The molecule has 0 bridgehead atoms. The fourth-order valence-corrected chi connectivity index (χ4v) is 3.43. The summed E-state index contributed by atoms with van der Waals surface area (Å²) in [4.78, 5) is 40.6. The van der Waals surface area contributed by atoms with Crippen LogP contribution in [-0.4, -0.2) is 42.8 Å². The predicted molar refractivity (Wildman–Crippen MR) is 109 cm³/mol. The van der Waals surface area contributed by atoms with Gasteiger partial charge in [0.25, 0.3) is 11.5 Å². The summed E-state index contributed by atoms with van der Waals surface area (Å²) in [6.07, 6.45) is -4.57. The average Bonchev–Trinajstić information content (AvgIpc) is 3.13. The van der Waals surface area contributed by atoms with Crippen molar-refractivity contribution in [1.29, 1.82) is 0 Å². The fraction of sp³-hybridized carbons (Fsp3) is 0.143. The minimum Gasteiger partial charge on any atom is -0.504 e. The number of rotatable bonds is 5. The Bertz CT molecular complexity index is 1510. The molecule has 0 saturated heterocycles. The molecule has 4 aromatic rings. The van der Waals surface area contributed by atoms with Crippen LogP contribution < -0.4 is 10.9 Å². The molecule has 2 aromatic carbocycles. The minimum absolute atomic E-state index is 0.0268. The smallest absolute Gasteiger partial charge is 0.416 e. The molecule has 0 aliphatic heterocycles. The van der Waals surface area contributed by atoms with E-state index in [9.17, 15) is 37.1 Å². The molecule has 0 fully saturated rings. The Morgan fingerprint density at radius 2 is 1.76 bits per heavy atom. The number of halogens is 4. The van der Waals surface area contributed by atoms with E-state index in [4.69, 9.17) is 5.11 Å². The van der Waals surface area contributed by atoms with E-state index in [1.807, 2.05) is 5.32 Å². The van der Waals surface area contributed by atoms with Crippen LogP contribution in [0.5, 0.6) is 5.75 Å². The predicted octanol–water partition coefficient (Wildman–Crippen LogP) is 2.38. The second-order valence-corrected chi connectivity index (χ2v) is 7.24. The third-order valence-corrected chi connectivity index (χ3v) is 4.97. The molecular weight excluding hydrogens is 464 g/mol. The van der Waals surface area contributed by atoms with Gasteiger partial charge in [-0.15, -0.1) is 0 Å². The van der Waals surface area contributed by atoms with Gasteiger partial charge in [-0.3, -0.25) is 14.4 Å². The quantitative estimate of drug-likeness (QED) is 0.378. The van der Waals surface area contributed by atoms with Crippen molar-refractivity contribution < 1.29 is 37.4 Å². The third-order valence-electron chi connectivity index (χ3n) is 4.97. The SMILES string of the molecule is O=C(O)CNC(=O)c1c(O)c2nc3cc(F)ccc3n2n(Cc2ccc(C(F)(F)F)cc2)c1=O. The van der Waals surface area contributed by atoms with Crippen molar-refractivity contribution in [3.8, 4) is 5.75 Å². The van der Waals surface area contributed by atoms with Crippen molar-refractivity contribution in [2.75, 3.05) is 6.54 Å². The number of amides is 1. The molecule has 4 rings (SSSR count). The number of aliphatic carboxylic acids is 1. The molecule has 0 atom stereocenters. The van der Waals surface area contributed by atoms with Crippen LogP contribution in [0.4, 0.5) is 17.6 Å². The number of hydrogen-bond acceptors (Lipinski definition) is 5. The first kappa shape index (κ1) is 22.8. The maximum Gasteiger partial charge on any atom is 0.416 e. The highest BCUT2D eigenvalue weighted by molar-refractivity contribution is 6.00. The first-order valence-corrected chi connectivity index (χ1v) is 9.57. The summed E-state index contributed by atoms with van der Waals surface area (Å²) in [6, 6.07) is 7.29. The molecule has 9 nitrogen and oxygen atoms in total. The van der Waals surface area contributed by atoms with Gasteiger partial charge in [0.05, 0.1) is 23.1 Å². The zero-order valence-corrected chi connectivity index (χ0v) is 16.9. The highest BCUT2D eigenvalue weighted by Gasteiger charge is 2.30. The molecule has 2 aromatic heterocycles. The average molecular weight is 478 g/mol. The van der Waals surface area contributed by atoms with E-state index in [0.29, 0.717) is 0 Å². The van der Waals surface area contributed by atoms with Crippen LogP contribution in [0, 0.1) is 5.82 Å². The van der Waals surface area contributed by atoms with E-state index in [1.54, 1.807) is 0 Å². The van der Waals surface area contributed by atoms with Gasteiger partial charge in [-0.05, 0) is 29.8 Å². The van der Waals surface area contributed by atoms with E-state index in [1.165, 1.54) is 6.07 Å². The Kier molecular flexibility index (Phi) is 5.47. The van der Waals surface area contributed by atoms with Gasteiger partial charge in [0.1, 0.15) is 12.4 Å². The van der Waals surface area contributed by atoms with E-state index in [-0.39, 0.29) is 28.8 Å². The van der Waals surface area contributed by atoms with Crippen molar-refractivity contribution in [3.63, 3.8) is 0 Å². The number of hydrogen-bond donors (Lipinski definition) is 3. The second kappa shape index (κ2) is 8.17. The van der Waals surface area contributed by atoms with Gasteiger partial charge in [-0.25, -0.2) is 18.6 Å². The molecule has 13 heteroatoms. The number of carboxylic acids is 1. The molecule has 2 heterocycles. The van der Waals surface area contributed by atoms with Crippen LogP contribution in [0.15, 0.2) is 47.3 Å². The number of aromatic nitrogens is 3. The van der Waals surface area contributed by atoms with Crippen molar-refractivity contribution in [2.45, 2.75) is 12.7 Å². The monoisotopic (exact) mass is 478 g/mol. The lowest BCUT2D eigenvalue weighted by molar-refractivity contribution is -0.138. The van der Waals surface area contributed by atoms with Crippen molar-refractivity contribution in [3.05, 3.63) is 75.3 Å². The summed E-state index contributed by atoms with van der Waals surface area (Å²) in [7, 11) is 0. The van der Waals surface area contributed by atoms with Crippen LogP contribution in [0.3, 0.4) is 0 Å². The largest absolute Gasteiger partial charge is 0.504 e. The zero-order chi connectivity index (χ0) is 24.8. The number of alkyl halides is 3. The van der Waals surface area contributed by atoms with Crippen molar-refractivity contribution in [1.82, 2.24) is 19.5 Å². The molecule has 0 aliphatic rings. The van der Waals surface area contributed by atoms with Gasteiger partial charge >= 0.3 is 12.1 Å². The van der Waals surface area contributed by atoms with E-state index in [2.05, 4.69) is 4.98 Å². The van der Waals surface area contributed by atoms with Crippen LogP contribution >= 0.6 is 0 Å². The van der Waals surface area contributed by atoms with Crippen molar-refractivity contribution >= 4 is 28.6 Å². The molecule has 1 amide bonds. The molecular formula is C21H14F4N4O5. The van der Waals surface area contributed by atoms with Crippen molar-refractivity contribution in [2.24, 2.45) is 0 Å². The first-order valence-electron chi connectivity index (χ1n) is 9.57. The van der Waals surface area contributed by atoms with Gasteiger partial charge in [0.2, 0.25) is 0 Å². The molecule has 0 saturated carbocycles. The van der Waals surface area contributed by atoms with Gasteiger partial charge in [0, 0.05) is 6.07 Å². The number of carbonyl (C=O) groups excluding carboxylic acids is 1. The Morgan fingerprint density at radius 3 is 2.38 bits per heavy atom.